The van der Waals surface area contributed by atoms with Gasteiger partial charge in [0.25, 0.3) is 5.91 Å². The lowest BCUT2D eigenvalue weighted by atomic mass is 10.2. The monoisotopic (exact) mass is 391 g/mol. The summed E-state index contributed by atoms with van der Waals surface area (Å²) in [5.74, 6) is -3.74. The highest BCUT2D eigenvalue weighted by atomic mass is 19.2. The Morgan fingerprint density at radius 2 is 1.57 bits per heavy atom. The maximum atomic E-state index is 13.2. The minimum absolute atomic E-state index is 0.0141. The molecule has 2 rings (SSSR count). The first-order valence-electron chi connectivity index (χ1n) is 8.35. The number of anilines is 2. The maximum absolute atomic E-state index is 13.2. The molecule has 0 aliphatic heterocycles. The molecule has 2 atom stereocenters. The molecule has 2 aromatic carbocycles. The number of para-hydroxylation sites is 1. The molecule has 0 unspecified atom stereocenters. The summed E-state index contributed by atoms with van der Waals surface area (Å²) in [7, 11) is 0. The van der Waals surface area contributed by atoms with E-state index in [0.717, 1.165) is 12.1 Å². The number of carbonyl (C=O) groups excluding carboxylic acids is 3. The lowest BCUT2D eigenvalue weighted by Gasteiger charge is -2.18. The average Bonchev–Trinajstić information content (AvgIpc) is 2.65. The summed E-state index contributed by atoms with van der Waals surface area (Å²) in [6.07, 6.45) is -1.22. The van der Waals surface area contributed by atoms with Crippen LogP contribution in [0.1, 0.15) is 13.8 Å². The molecule has 3 amide bonds. The molecule has 0 saturated carbocycles. The number of benzene rings is 2. The Morgan fingerprint density at radius 3 is 2.21 bits per heavy atom. The minimum Gasteiger partial charge on any atom is -0.451 e. The van der Waals surface area contributed by atoms with Crippen LogP contribution in [0.25, 0.3) is 0 Å². The zero-order valence-electron chi connectivity index (χ0n) is 15.2. The molecule has 0 aliphatic rings. The van der Waals surface area contributed by atoms with Gasteiger partial charge < -0.3 is 20.7 Å². The number of esters is 1. The lowest BCUT2D eigenvalue weighted by molar-refractivity contribution is -0.154. The van der Waals surface area contributed by atoms with Crippen LogP contribution in [0.4, 0.5) is 25.0 Å². The number of rotatable bonds is 6. The topological polar surface area (TPSA) is 96.5 Å². The number of hydrogen-bond acceptors (Lipinski definition) is 4. The fraction of sp³-hybridized carbons (Fsp3) is 0.211. The van der Waals surface area contributed by atoms with Crippen molar-refractivity contribution >= 4 is 29.3 Å². The van der Waals surface area contributed by atoms with Gasteiger partial charge in [0.1, 0.15) is 6.04 Å². The van der Waals surface area contributed by atoms with Gasteiger partial charge in [0.2, 0.25) is 0 Å². The van der Waals surface area contributed by atoms with Gasteiger partial charge in [-0.3, -0.25) is 4.79 Å². The minimum atomic E-state index is -1.22. The fourth-order valence-corrected chi connectivity index (χ4v) is 2.09. The predicted molar refractivity (Wildman–Crippen MR) is 98.6 cm³/mol. The summed E-state index contributed by atoms with van der Waals surface area (Å²) in [6, 6.07) is 9.80. The number of nitrogens with one attached hydrogen (secondary N) is 3. The Hall–Kier alpha value is -3.49. The van der Waals surface area contributed by atoms with Crippen LogP contribution in [0, 0.1) is 11.6 Å². The van der Waals surface area contributed by atoms with Crippen LogP contribution in [-0.2, 0) is 14.3 Å². The number of hydrogen-bond donors (Lipinski definition) is 3. The molecule has 0 saturated heterocycles. The van der Waals surface area contributed by atoms with Crippen LogP contribution in [0.15, 0.2) is 48.5 Å². The molecule has 7 nitrogen and oxygen atoms in total. The number of ether oxygens (including phenoxy) is 1. The van der Waals surface area contributed by atoms with Gasteiger partial charge in [0.15, 0.2) is 17.7 Å². The number of carbonyl (C=O) groups is 3. The highest BCUT2D eigenvalue weighted by Gasteiger charge is 2.23. The molecule has 0 radical (unpaired) electrons. The van der Waals surface area contributed by atoms with E-state index < -0.39 is 41.7 Å². The molecular weight excluding hydrogens is 372 g/mol. The van der Waals surface area contributed by atoms with Gasteiger partial charge in [-0.15, -0.1) is 0 Å². The standard InChI is InChI=1S/C19H19F2N3O4/c1-11(22-19(27)24-13-6-4-3-5-7-13)18(26)28-12(2)17(25)23-14-8-9-15(20)16(21)10-14/h3-12H,1-2H3,(H,23,25)(H2,22,24,27)/t11-,12+/m0/s1. The van der Waals surface area contributed by atoms with E-state index in [1.54, 1.807) is 30.3 Å². The molecule has 0 fully saturated rings. The lowest BCUT2D eigenvalue weighted by Crippen LogP contribution is -2.44. The van der Waals surface area contributed by atoms with Crippen molar-refractivity contribution in [2.75, 3.05) is 10.6 Å². The number of halogens is 2. The molecule has 148 valence electrons. The summed E-state index contributed by atoms with van der Waals surface area (Å²) in [4.78, 5) is 35.9. The quantitative estimate of drug-likeness (QED) is 0.660. The van der Waals surface area contributed by atoms with Gasteiger partial charge >= 0.3 is 12.0 Å². The van der Waals surface area contributed by atoms with Gasteiger partial charge in [-0.1, -0.05) is 18.2 Å². The Morgan fingerprint density at radius 1 is 0.893 bits per heavy atom. The van der Waals surface area contributed by atoms with Crippen LogP contribution in [0.5, 0.6) is 0 Å². The van der Waals surface area contributed by atoms with E-state index in [2.05, 4.69) is 16.0 Å². The van der Waals surface area contributed by atoms with Gasteiger partial charge in [0, 0.05) is 17.4 Å². The van der Waals surface area contributed by atoms with Crippen molar-refractivity contribution in [2.45, 2.75) is 26.0 Å². The van der Waals surface area contributed by atoms with Crippen molar-refractivity contribution in [2.24, 2.45) is 0 Å². The molecule has 2 aromatic rings. The van der Waals surface area contributed by atoms with Crippen LogP contribution in [0.3, 0.4) is 0 Å². The second-order valence-corrected chi connectivity index (χ2v) is 5.88. The largest absolute Gasteiger partial charge is 0.451 e. The van der Waals surface area contributed by atoms with Gasteiger partial charge in [-0.25, -0.2) is 18.4 Å². The van der Waals surface area contributed by atoms with Crippen molar-refractivity contribution < 1.29 is 27.9 Å². The smallest absolute Gasteiger partial charge is 0.329 e. The van der Waals surface area contributed by atoms with E-state index in [9.17, 15) is 23.2 Å². The third kappa shape index (κ3) is 6.04. The fourth-order valence-electron chi connectivity index (χ4n) is 2.09. The third-order valence-corrected chi connectivity index (χ3v) is 3.58. The summed E-state index contributed by atoms with van der Waals surface area (Å²) >= 11 is 0. The number of amides is 3. The van der Waals surface area contributed by atoms with Crippen molar-refractivity contribution in [3.63, 3.8) is 0 Å². The zero-order valence-corrected chi connectivity index (χ0v) is 15.2. The number of urea groups is 1. The van der Waals surface area contributed by atoms with E-state index in [-0.39, 0.29) is 5.69 Å². The Balaban J connectivity index is 1.83. The van der Waals surface area contributed by atoms with Crippen LogP contribution < -0.4 is 16.0 Å². The van der Waals surface area contributed by atoms with Gasteiger partial charge in [0.05, 0.1) is 0 Å². The summed E-state index contributed by atoms with van der Waals surface area (Å²) in [5.41, 5.74) is 0.556. The van der Waals surface area contributed by atoms with Gasteiger partial charge in [-0.2, -0.15) is 0 Å². The van der Waals surface area contributed by atoms with Crippen molar-refractivity contribution in [3.05, 3.63) is 60.2 Å². The van der Waals surface area contributed by atoms with E-state index in [1.165, 1.54) is 19.9 Å². The summed E-state index contributed by atoms with van der Waals surface area (Å²) < 4.78 is 31.1. The highest BCUT2D eigenvalue weighted by molar-refractivity contribution is 5.96. The molecular formula is C19H19F2N3O4. The second-order valence-electron chi connectivity index (χ2n) is 5.88. The molecule has 9 heteroatoms. The van der Waals surface area contributed by atoms with E-state index in [4.69, 9.17) is 4.74 Å². The first-order chi connectivity index (χ1) is 13.3. The zero-order chi connectivity index (χ0) is 20.7. The Kier molecular flexibility index (Phi) is 7.02. The first kappa shape index (κ1) is 20.8. The summed E-state index contributed by atoms with van der Waals surface area (Å²) in [5, 5.41) is 7.24. The maximum Gasteiger partial charge on any atom is 0.329 e. The molecule has 0 spiro atoms. The molecule has 0 aromatic heterocycles. The highest BCUT2D eigenvalue weighted by Crippen LogP contribution is 2.13. The van der Waals surface area contributed by atoms with E-state index in [1.807, 2.05) is 0 Å². The Labute approximate surface area is 160 Å². The molecule has 3 N–H and O–H groups in total. The molecule has 28 heavy (non-hydrogen) atoms. The molecule has 0 aliphatic carbocycles. The molecule has 0 heterocycles. The van der Waals surface area contributed by atoms with Crippen molar-refractivity contribution in [1.29, 1.82) is 0 Å². The van der Waals surface area contributed by atoms with Crippen LogP contribution in [0.2, 0.25) is 0 Å². The third-order valence-electron chi connectivity index (χ3n) is 3.58. The Bertz CT molecular complexity index is 862. The summed E-state index contributed by atoms with van der Waals surface area (Å²) in [6.45, 7) is 2.71. The average molecular weight is 391 g/mol. The van der Waals surface area contributed by atoms with Crippen molar-refractivity contribution in [1.82, 2.24) is 5.32 Å². The van der Waals surface area contributed by atoms with Crippen LogP contribution in [-0.4, -0.2) is 30.1 Å². The van der Waals surface area contributed by atoms with Crippen LogP contribution >= 0.6 is 0 Å². The first-order valence-corrected chi connectivity index (χ1v) is 8.35. The van der Waals surface area contributed by atoms with Crippen molar-refractivity contribution in [3.8, 4) is 0 Å². The van der Waals surface area contributed by atoms with E-state index >= 15 is 0 Å². The van der Waals surface area contributed by atoms with E-state index in [0.29, 0.717) is 5.69 Å². The molecule has 0 bridgehead atoms. The van der Waals surface area contributed by atoms with Gasteiger partial charge in [-0.05, 0) is 38.1 Å². The normalized spacial score (nSPS) is 12.4. The predicted octanol–water partition coefficient (Wildman–Crippen LogP) is 3.05. The second kappa shape index (κ2) is 9.45. The SMILES string of the molecule is C[C@H](NC(=O)Nc1ccccc1)C(=O)O[C@H](C)C(=O)Nc1ccc(F)c(F)c1.